The number of urea groups is 1. The van der Waals surface area contributed by atoms with Crippen LogP contribution >= 0.6 is 0 Å². The second-order valence-electron chi connectivity index (χ2n) is 9.36. The highest BCUT2D eigenvalue weighted by atomic mass is 16.2. The van der Waals surface area contributed by atoms with Gasteiger partial charge in [0.15, 0.2) is 5.65 Å². The van der Waals surface area contributed by atoms with E-state index in [1.807, 2.05) is 67.6 Å². The van der Waals surface area contributed by atoms with Crippen LogP contribution < -0.4 is 10.2 Å². The van der Waals surface area contributed by atoms with Crippen molar-refractivity contribution in [1.29, 1.82) is 0 Å². The summed E-state index contributed by atoms with van der Waals surface area (Å²) in [7, 11) is 0. The minimum atomic E-state index is -0.249. The summed E-state index contributed by atoms with van der Waals surface area (Å²) in [4.78, 5) is 26.7. The number of amides is 2. The molecule has 1 aliphatic rings. The van der Waals surface area contributed by atoms with Gasteiger partial charge in [-0.25, -0.2) is 19.4 Å². The van der Waals surface area contributed by atoms with E-state index in [0.717, 1.165) is 66.5 Å². The fourth-order valence-electron chi connectivity index (χ4n) is 4.07. The summed E-state index contributed by atoms with van der Waals surface area (Å²) in [6, 6.07) is 10.1. The van der Waals surface area contributed by atoms with Gasteiger partial charge in [0.25, 0.3) is 0 Å². The highest BCUT2D eigenvalue weighted by Crippen LogP contribution is 2.29. The van der Waals surface area contributed by atoms with Crippen molar-refractivity contribution < 1.29 is 4.79 Å². The number of aryl methyl sites for hydroxylation is 2. The molecule has 3 aromatic rings. The predicted molar refractivity (Wildman–Crippen MR) is 127 cm³/mol. The van der Waals surface area contributed by atoms with Crippen LogP contribution in [0.3, 0.4) is 0 Å². The minimum absolute atomic E-state index is 0.00508. The van der Waals surface area contributed by atoms with Crippen LogP contribution in [0, 0.1) is 6.92 Å². The van der Waals surface area contributed by atoms with Crippen molar-refractivity contribution in [1.82, 2.24) is 30.0 Å². The maximum absolute atomic E-state index is 12.7. The molecule has 0 saturated carbocycles. The average molecular weight is 436 g/mol. The molecule has 8 nitrogen and oxygen atoms in total. The molecule has 4 rings (SSSR count). The van der Waals surface area contributed by atoms with Crippen LogP contribution in [0.5, 0.6) is 0 Å². The first kappa shape index (κ1) is 22.0. The molecule has 2 aromatic heterocycles. The van der Waals surface area contributed by atoms with E-state index in [-0.39, 0.29) is 11.6 Å². The molecule has 1 N–H and O–H groups in total. The van der Waals surface area contributed by atoms with E-state index in [4.69, 9.17) is 15.1 Å². The Morgan fingerprint density at radius 3 is 2.50 bits per heavy atom. The van der Waals surface area contributed by atoms with E-state index < -0.39 is 0 Å². The number of anilines is 1. The van der Waals surface area contributed by atoms with Crippen LogP contribution in [0.2, 0.25) is 0 Å². The summed E-state index contributed by atoms with van der Waals surface area (Å²) < 4.78 is 1.91. The molecule has 0 atom stereocenters. The molecule has 1 aliphatic heterocycles. The topological polar surface area (TPSA) is 79.2 Å². The molecule has 32 heavy (non-hydrogen) atoms. The molecule has 0 radical (unpaired) electrons. The van der Waals surface area contributed by atoms with Crippen LogP contribution in [-0.2, 0) is 6.42 Å². The summed E-state index contributed by atoms with van der Waals surface area (Å²) in [5.74, 6) is 1.72. The Kier molecular flexibility index (Phi) is 6.04. The SMILES string of the molecule is CCc1nc(N2CCCN(C(=O)NC(C)(C)C)CC2)c2c(C)nn(-c3ccccc3)c2n1. The minimum Gasteiger partial charge on any atom is -0.354 e. The molecule has 3 heterocycles. The maximum Gasteiger partial charge on any atom is 0.317 e. The third-order valence-corrected chi connectivity index (χ3v) is 5.61. The lowest BCUT2D eigenvalue weighted by Crippen LogP contribution is -2.49. The molecule has 0 unspecified atom stereocenters. The van der Waals surface area contributed by atoms with Crippen molar-refractivity contribution in [3.63, 3.8) is 0 Å². The number of carbonyl (C=O) groups excluding carboxylic acids is 1. The predicted octanol–water partition coefficient (Wildman–Crippen LogP) is 3.71. The zero-order valence-corrected chi connectivity index (χ0v) is 19.7. The Bertz CT molecular complexity index is 1100. The number of fused-ring (bicyclic) bond motifs is 1. The monoisotopic (exact) mass is 435 g/mol. The zero-order chi connectivity index (χ0) is 22.9. The fourth-order valence-corrected chi connectivity index (χ4v) is 4.07. The Balaban J connectivity index is 1.68. The molecule has 0 bridgehead atoms. The van der Waals surface area contributed by atoms with Crippen molar-refractivity contribution >= 4 is 22.9 Å². The molecule has 1 fully saturated rings. The van der Waals surface area contributed by atoms with Crippen LogP contribution in [0.15, 0.2) is 30.3 Å². The van der Waals surface area contributed by atoms with Gasteiger partial charge in [-0.15, -0.1) is 0 Å². The molecule has 170 valence electrons. The van der Waals surface area contributed by atoms with Gasteiger partial charge in [-0.3, -0.25) is 0 Å². The van der Waals surface area contributed by atoms with E-state index in [2.05, 4.69) is 17.1 Å². The van der Waals surface area contributed by atoms with Crippen molar-refractivity contribution in [2.75, 3.05) is 31.1 Å². The number of aromatic nitrogens is 4. The zero-order valence-electron chi connectivity index (χ0n) is 19.7. The summed E-state index contributed by atoms with van der Waals surface area (Å²) >= 11 is 0. The highest BCUT2D eigenvalue weighted by Gasteiger charge is 2.26. The fraction of sp³-hybridized carbons (Fsp3) is 0.500. The number of rotatable bonds is 3. The Labute approximate surface area is 189 Å². The molecule has 1 saturated heterocycles. The number of benzene rings is 1. The van der Waals surface area contributed by atoms with Crippen LogP contribution in [0.25, 0.3) is 16.7 Å². The maximum atomic E-state index is 12.7. The standard InChI is InChI=1S/C24H33N7O/c1-6-19-25-21(29-13-10-14-30(16-15-29)23(32)27-24(3,4)5)20-17(2)28-31(22(20)26-19)18-11-8-7-9-12-18/h7-9,11-12H,6,10,13-16H2,1-5H3,(H,27,32). The summed E-state index contributed by atoms with van der Waals surface area (Å²) in [5, 5.41) is 8.87. The molecule has 0 aliphatic carbocycles. The largest absolute Gasteiger partial charge is 0.354 e. The van der Waals surface area contributed by atoms with Gasteiger partial charge >= 0.3 is 6.03 Å². The second kappa shape index (κ2) is 8.76. The van der Waals surface area contributed by atoms with Crippen LogP contribution in [0.4, 0.5) is 10.6 Å². The summed E-state index contributed by atoms with van der Waals surface area (Å²) in [6.45, 7) is 13.1. The van der Waals surface area contributed by atoms with E-state index in [1.54, 1.807) is 0 Å². The lowest BCUT2D eigenvalue weighted by Gasteiger charge is -2.28. The van der Waals surface area contributed by atoms with Gasteiger partial charge < -0.3 is 15.1 Å². The van der Waals surface area contributed by atoms with Crippen molar-refractivity contribution in [2.45, 2.75) is 53.0 Å². The molecule has 0 spiro atoms. The van der Waals surface area contributed by atoms with Gasteiger partial charge in [0.1, 0.15) is 11.6 Å². The number of hydrogen-bond acceptors (Lipinski definition) is 5. The Morgan fingerprint density at radius 2 is 1.81 bits per heavy atom. The van der Waals surface area contributed by atoms with E-state index in [0.29, 0.717) is 6.54 Å². The third-order valence-electron chi connectivity index (χ3n) is 5.61. The van der Waals surface area contributed by atoms with Crippen molar-refractivity contribution in [2.24, 2.45) is 0 Å². The number of carbonyl (C=O) groups is 1. The van der Waals surface area contributed by atoms with Gasteiger partial charge in [0.05, 0.1) is 16.8 Å². The van der Waals surface area contributed by atoms with Crippen LogP contribution in [-0.4, -0.2) is 62.4 Å². The van der Waals surface area contributed by atoms with Gasteiger partial charge in [0, 0.05) is 38.1 Å². The lowest BCUT2D eigenvalue weighted by molar-refractivity contribution is 0.192. The van der Waals surface area contributed by atoms with Gasteiger partial charge in [0.2, 0.25) is 0 Å². The highest BCUT2D eigenvalue weighted by molar-refractivity contribution is 5.91. The normalized spacial score (nSPS) is 15.2. The lowest BCUT2D eigenvalue weighted by atomic mass is 10.1. The van der Waals surface area contributed by atoms with Crippen molar-refractivity contribution in [3.05, 3.63) is 41.9 Å². The van der Waals surface area contributed by atoms with Gasteiger partial charge in [-0.1, -0.05) is 25.1 Å². The number of nitrogens with zero attached hydrogens (tertiary/aromatic N) is 6. The number of nitrogens with one attached hydrogen (secondary N) is 1. The first-order chi connectivity index (χ1) is 15.3. The van der Waals surface area contributed by atoms with E-state index in [9.17, 15) is 4.79 Å². The first-order valence-electron chi connectivity index (χ1n) is 11.4. The van der Waals surface area contributed by atoms with Gasteiger partial charge in [-0.05, 0) is 46.2 Å². The molecular weight excluding hydrogens is 402 g/mol. The van der Waals surface area contributed by atoms with E-state index >= 15 is 0 Å². The summed E-state index contributed by atoms with van der Waals surface area (Å²) in [5.41, 5.74) is 2.48. The van der Waals surface area contributed by atoms with Crippen LogP contribution in [0.1, 0.15) is 45.6 Å². The average Bonchev–Trinajstić information content (AvgIpc) is 2.93. The molecule has 1 aromatic carbocycles. The number of para-hydroxylation sites is 1. The molecule has 8 heteroatoms. The third kappa shape index (κ3) is 4.54. The Hall–Kier alpha value is -3.16. The number of hydrogen-bond donors (Lipinski definition) is 1. The van der Waals surface area contributed by atoms with Crippen molar-refractivity contribution in [3.8, 4) is 5.69 Å². The molecule has 2 amide bonds. The Morgan fingerprint density at radius 1 is 1.06 bits per heavy atom. The van der Waals surface area contributed by atoms with Gasteiger partial charge in [-0.2, -0.15) is 5.10 Å². The van der Waals surface area contributed by atoms with E-state index in [1.165, 1.54) is 0 Å². The first-order valence-corrected chi connectivity index (χ1v) is 11.4. The smallest absolute Gasteiger partial charge is 0.317 e. The summed E-state index contributed by atoms with van der Waals surface area (Å²) in [6.07, 6.45) is 1.63. The quantitative estimate of drug-likeness (QED) is 0.679. The molecular formula is C24H33N7O. The second-order valence-corrected chi connectivity index (χ2v) is 9.36.